The van der Waals surface area contributed by atoms with Crippen molar-refractivity contribution in [2.75, 3.05) is 5.43 Å². The molecule has 0 fully saturated rings. The lowest BCUT2D eigenvalue weighted by Gasteiger charge is -2.08. The molecule has 0 bridgehead atoms. The number of fused-ring (bicyclic) bond motifs is 1. The summed E-state index contributed by atoms with van der Waals surface area (Å²) in [5.74, 6) is 5.68. The molecule has 1 amide bonds. The van der Waals surface area contributed by atoms with Crippen molar-refractivity contribution in [2.24, 2.45) is 5.84 Å². The molecule has 0 aliphatic rings. The third-order valence-electron chi connectivity index (χ3n) is 3.10. The van der Waals surface area contributed by atoms with Crippen molar-refractivity contribution in [2.45, 2.75) is 6.54 Å². The molecule has 7 nitrogen and oxygen atoms in total. The first-order valence-electron chi connectivity index (χ1n) is 6.40. The third-order valence-corrected chi connectivity index (χ3v) is 3.10. The molecule has 0 unspecified atom stereocenters. The van der Waals surface area contributed by atoms with Gasteiger partial charge in [-0.25, -0.2) is 15.8 Å². The minimum atomic E-state index is -0.271. The summed E-state index contributed by atoms with van der Waals surface area (Å²) in [6.07, 6.45) is 3.22. The zero-order valence-electron chi connectivity index (χ0n) is 11.1. The third kappa shape index (κ3) is 2.67. The molecule has 0 atom stereocenters. The molecule has 7 heteroatoms. The Hall–Kier alpha value is -2.93. The summed E-state index contributed by atoms with van der Waals surface area (Å²) in [6, 6.07) is 9.32. The predicted molar refractivity (Wildman–Crippen MR) is 79.3 cm³/mol. The summed E-state index contributed by atoms with van der Waals surface area (Å²) in [5, 5.41) is 4.54. The average molecular weight is 282 g/mol. The lowest BCUT2D eigenvalue weighted by atomic mass is 10.1. The lowest BCUT2D eigenvalue weighted by Crippen LogP contribution is -2.24. The molecule has 0 aliphatic heterocycles. The van der Waals surface area contributed by atoms with Gasteiger partial charge in [-0.3, -0.25) is 4.79 Å². The van der Waals surface area contributed by atoms with E-state index in [1.165, 1.54) is 0 Å². The van der Waals surface area contributed by atoms with Crippen molar-refractivity contribution >= 4 is 22.5 Å². The van der Waals surface area contributed by atoms with Gasteiger partial charge in [-0.05, 0) is 11.5 Å². The maximum absolute atomic E-state index is 12.2. The van der Waals surface area contributed by atoms with Crippen LogP contribution in [0.25, 0.3) is 10.8 Å². The second-order valence-electron chi connectivity index (χ2n) is 4.48. The Bertz CT molecular complexity index is 768. The number of nitrogen functional groups attached to an aromatic ring is 1. The van der Waals surface area contributed by atoms with Crippen LogP contribution in [0.2, 0.25) is 0 Å². The Balaban J connectivity index is 1.87. The molecule has 3 aromatic rings. The molecular formula is C14H14N6O. The van der Waals surface area contributed by atoms with E-state index in [0.717, 1.165) is 16.5 Å². The Morgan fingerprint density at radius 3 is 2.95 bits per heavy atom. The zero-order valence-corrected chi connectivity index (χ0v) is 11.1. The number of rotatable bonds is 4. The van der Waals surface area contributed by atoms with E-state index in [4.69, 9.17) is 5.84 Å². The molecule has 0 aliphatic carbocycles. The van der Waals surface area contributed by atoms with E-state index in [1.54, 1.807) is 18.6 Å². The molecule has 106 valence electrons. The summed E-state index contributed by atoms with van der Waals surface area (Å²) >= 11 is 0. The molecule has 1 aromatic carbocycles. The lowest BCUT2D eigenvalue weighted by molar-refractivity contribution is 0.0946. The second kappa shape index (κ2) is 5.59. The van der Waals surface area contributed by atoms with Crippen molar-refractivity contribution < 1.29 is 4.79 Å². The van der Waals surface area contributed by atoms with Crippen LogP contribution in [0.15, 0.2) is 42.9 Å². The number of nitrogens with one attached hydrogen (secondary N) is 3. The van der Waals surface area contributed by atoms with Crippen LogP contribution in [0, 0.1) is 0 Å². The molecule has 5 N–H and O–H groups in total. The highest BCUT2D eigenvalue weighted by atomic mass is 16.1. The fourth-order valence-electron chi connectivity index (χ4n) is 2.07. The number of carbonyl (C=O) groups is 1. The van der Waals surface area contributed by atoms with Gasteiger partial charge in [-0.1, -0.05) is 24.3 Å². The number of amides is 1. The van der Waals surface area contributed by atoms with Gasteiger partial charge < -0.3 is 15.7 Å². The van der Waals surface area contributed by atoms with Crippen molar-refractivity contribution in [3.63, 3.8) is 0 Å². The number of nitrogens with two attached hydrogens (primary N) is 1. The number of pyridine rings is 1. The molecule has 2 heterocycles. The predicted octanol–water partition coefficient (Wildman–Crippen LogP) is 1.17. The number of imidazole rings is 1. The van der Waals surface area contributed by atoms with Crippen molar-refractivity contribution in [3.05, 3.63) is 54.2 Å². The summed E-state index contributed by atoms with van der Waals surface area (Å²) in [7, 11) is 0. The van der Waals surface area contributed by atoms with Crippen LogP contribution < -0.4 is 16.6 Å². The number of hydrazine groups is 1. The highest BCUT2D eigenvalue weighted by Gasteiger charge is 2.11. The van der Waals surface area contributed by atoms with Gasteiger partial charge >= 0.3 is 0 Å². The number of aromatic nitrogens is 3. The summed E-state index contributed by atoms with van der Waals surface area (Å²) < 4.78 is 0. The van der Waals surface area contributed by atoms with Crippen molar-refractivity contribution in [1.82, 2.24) is 20.3 Å². The topological polar surface area (TPSA) is 109 Å². The van der Waals surface area contributed by atoms with Crippen molar-refractivity contribution in [3.8, 4) is 0 Å². The van der Waals surface area contributed by atoms with E-state index in [1.807, 2.05) is 24.3 Å². The summed E-state index contributed by atoms with van der Waals surface area (Å²) in [6.45, 7) is 0.360. The van der Waals surface area contributed by atoms with Crippen LogP contribution in [-0.4, -0.2) is 20.9 Å². The number of anilines is 1. The van der Waals surface area contributed by atoms with E-state index in [2.05, 4.69) is 25.7 Å². The zero-order chi connectivity index (χ0) is 14.7. The summed E-state index contributed by atoms with van der Waals surface area (Å²) in [5.41, 5.74) is 3.65. The van der Waals surface area contributed by atoms with Crippen LogP contribution in [0.3, 0.4) is 0 Å². The maximum atomic E-state index is 12.2. The average Bonchev–Trinajstić information content (AvgIpc) is 3.04. The number of nitrogens with zero attached hydrogens (tertiary/aromatic N) is 2. The molecule has 0 saturated heterocycles. The monoisotopic (exact) mass is 282 g/mol. The van der Waals surface area contributed by atoms with E-state index < -0.39 is 0 Å². The fraction of sp³-hybridized carbons (Fsp3) is 0.0714. The van der Waals surface area contributed by atoms with E-state index in [0.29, 0.717) is 18.1 Å². The highest BCUT2D eigenvalue weighted by molar-refractivity contribution is 6.00. The maximum Gasteiger partial charge on any atom is 0.270 e. The summed E-state index contributed by atoms with van der Waals surface area (Å²) in [4.78, 5) is 23.2. The quantitative estimate of drug-likeness (QED) is 0.424. The fourth-order valence-corrected chi connectivity index (χ4v) is 2.07. The van der Waals surface area contributed by atoms with Crippen molar-refractivity contribution in [1.29, 1.82) is 0 Å². The molecular weight excluding hydrogens is 268 g/mol. The van der Waals surface area contributed by atoms with Gasteiger partial charge in [0.15, 0.2) is 0 Å². The van der Waals surface area contributed by atoms with E-state index >= 15 is 0 Å². The molecule has 3 rings (SSSR count). The Labute approximate surface area is 120 Å². The van der Waals surface area contributed by atoms with Crippen LogP contribution >= 0.6 is 0 Å². The van der Waals surface area contributed by atoms with E-state index in [9.17, 15) is 4.79 Å². The van der Waals surface area contributed by atoms with Crippen LogP contribution in [0.4, 0.5) is 5.82 Å². The second-order valence-corrected chi connectivity index (χ2v) is 4.48. The van der Waals surface area contributed by atoms with Gasteiger partial charge in [0.05, 0.1) is 18.6 Å². The minimum absolute atomic E-state index is 0.271. The van der Waals surface area contributed by atoms with Gasteiger partial charge in [-0.15, -0.1) is 0 Å². The number of hydrogen-bond acceptors (Lipinski definition) is 5. The van der Waals surface area contributed by atoms with E-state index in [-0.39, 0.29) is 5.91 Å². The standard InChI is InChI=1S/C14H14N6O/c15-20-13-11-4-2-1-3-9(11)5-12(19-13)14(21)17-7-10-6-16-8-18-10/h1-6,8H,7,15H2,(H,16,18)(H,17,21)(H,19,20). The first-order chi connectivity index (χ1) is 10.3. The first kappa shape index (κ1) is 13.1. The largest absolute Gasteiger partial charge is 0.347 e. The van der Waals surface area contributed by atoms with Gasteiger partial charge in [0.25, 0.3) is 5.91 Å². The van der Waals surface area contributed by atoms with Gasteiger partial charge in [-0.2, -0.15) is 0 Å². The van der Waals surface area contributed by atoms with Gasteiger partial charge in [0.2, 0.25) is 0 Å². The molecule has 0 saturated carbocycles. The number of aromatic amines is 1. The SMILES string of the molecule is NNc1nc(C(=O)NCc2cnc[nH]2)cc2ccccc12. The minimum Gasteiger partial charge on any atom is -0.347 e. The Morgan fingerprint density at radius 2 is 2.19 bits per heavy atom. The van der Waals surface area contributed by atoms with Crippen LogP contribution in [0.5, 0.6) is 0 Å². The molecule has 2 aromatic heterocycles. The number of H-pyrrole nitrogens is 1. The number of carbonyl (C=O) groups excluding carboxylic acids is 1. The normalized spacial score (nSPS) is 10.5. The van der Waals surface area contributed by atoms with Crippen LogP contribution in [-0.2, 0) is 6.54 Å². The molecule has 0 radical (unpaired) electrons. The van der Waals surface area contributed by atoms with Gasteiger partial charge in [0, 0.05) is 11.6 Å². The van der Waals surface area contributed by atoms with Crippen LogP contribution in [0.1, 0.15) is 16.2 Å². The number of benzene rings is 1. The molecule has 21 heavy (non-hydrogen) atoms. The Kier molecular flexibility index (Phi) is 3.48. The highest BCUT2D eigenvalue weighted by Crippen LogP contribution is 2.21. The first-order valence-corrected chi connectivity index (χ1v) is 6.40. The smallest absolute Gasteiger partial charge is 0.270 e. The van der Waals surface area contributed by atoms with Gasteiger partial charge in [0.1, 0.15) is 11.5 Å². The molecule has 0 spiro atoms. The Morgan fingerprint density at radius 1 is 1.33 bits per heavy atom. The number of hydrogen-bond donors (Lipinski definition) is 4.